The molecule has 0 saturated carbocycles. The van der Waals surface area contributed by atoms with Crippen molar-refractivity contribution >= 4 is 17.3 Å². The first kappa shape index (κ1) is 13.5. The van der Waals surface area contributed by atoms with Crippen LogP contribution in [0.3, 0.4) is 0 Å². The molecule has 0 aliphatic heterocycles. The Bertz CT molecular complexity index is 192. The highest BCUT2D eigenvalue weighted by molar-refractivity contribution is 7.80. The van der Waals surface area contributed by atoms with Gasteiger partial charge in [-0.2, -0.15) is 13.2 Å². The summed E-state index contributed by atoms with van der Waals surface area (Å²) >= 11 is 4.78. The summed E-state index contributed by atoms with van der Waals surface area (Å²) in [7, 11) is 1.32. The number of hydrogen-bond donors (Lipinski definition) is 1. The zero-order chi connectivity index (χ0) is 11.4. The van der Waals surface area contributed by atoms with Gasteiger partial charge < -0.3 is 10.2 Å². The molecule has 0 bridgehead atoms. The van der Waals surface area contributed by atoms with Crippen LogP contribution in [0.5, 0.6) is 0 Å². The second kappa shape index (κ2) is 5.38. The topological polar surface area (TPSA) is 15.3 Å². The van der Waals surface area contributed by atoms with E-state index in [1.807, 2.05) is 13.8 Å². The molecular formula is C8H15F3N2S. The van der Waals surface area contributed by atoms with Crippen molar-refractivity contribution in [1.82, 2.24) is 10.2 Å². The van der Waals surface area contributed by atoms with Crippen LogP contribution in [-0.4, -0.2) is 36.3 Å². The molecule has 0 spiro atoms. The molecule has 84 valence electrons. The Hall–Kier alpha value is -0.520. The lowest BCUT2D eigenvalue weighted by atomic mass is 10.2. The van der Waals surface area contributed by atoms with Gasteiger partial charge in [-0.1, -0.05) is 13.8 Å². The monoisotopic (exact) mass is 228 g/mol. The van der Waals surface area contributed by atoms with Gasteiger partial charge in [0.05, 0.1) is 0 Å². The molecule has 1 N–H and O–H groups in total. The highest BCUT2D eigenvalue weighted by atomic mass is 32.1. The molecule has 0 aromatic carbocycles. The zero-order valence-corrected chi connectivity index (χ0v) is 9.30. The van der Waals surface area contributed by atoms with Crippen LogP contribution in [0.1, 0.15) is 13.8 Å². The predicted molar refractivity (Wildman–Crippen MR) is 54.1 cm³/mol. The molecule has 0 atom stereocenters. The minimum absolute atomic E-state index is 0.135. The van der Waals surface area contributed by atoms with E-state index in [-0.39, 0.29) is 5.11 Å². The summed E-state index contributed by atoms with van der Waals surface area (Å²) in [6.45, 7) is 3.48. The number of nitrogens with zero attached hydrogens (tertiary/aromatic N) is 1. The fourth-order valence-electron chi connectivity index (χ4n) is 0.767. The molecule has 0 aromatic rings. The Morgan fingerprint density at radius 2 is 1.93 bits per heavy atom. The van der Waals surface area contributed by atoms with E-state index in [2.05, 4.69) is 5.32 Å². The van der Waals surface area contributed by atoms with Crippen LogP contribution < -0.4 is 5.32 Å². The molecule has 14 heavy (non-hydrogen) atoms. The smallest absolute Gasteiger partial charge is 0.362 e. The molecule has 0 aliphatic carbocycles. The van der Waals surface area contributed by atoms with Crippen LogP contribution in [0.4, 0.5) is 13.2 Å². The van der Waals surface area contributed by atoms with Crippen LogP contribution in [0.15, 0.2) is 0 Å². The second-order valence-corrected chi connectivity index (χ2v) is 3.94. The molecule has 0 heterocycles. The molecule has 0 saturated heterocycles. The Balaban J connectivity index is 3.88. The van der Waals surface area contributed by atoms with Crippen molar-refractivity contribution < 1.29 is 13.2 Å². The first-order chi connectivity index (χ1) is 6.22. The Morgan fingerprint density at radius 1 is 1.43 bits per heavy atom. The summed E-state index contributed by atoms with van der Waals surface area (Å²) in [5, 5.41) is 2.90. The molecule has 6 heteroatoms. The van der Waals surface area contributed by atoms with Gasteiger partial charge in [-0.3, -0.25) is 0 Å². The molecule has 2 nitrogen and oxygen atoms in total. The van der Waals surface area contributed by atoms with Crippen molar-refractivity contribution in [3.63, 3.8) is 0 Å². The highest BCUT2D eigenvalue weighted by Gasteiger charge is 2.30. The van der Waals surface area contributed by atoms with Crippen LogP contribution in [0, 0.1) is 5.92 Å². The first-order valence-electron chi connectivity index (χ1n) is 4.28. The molecule has 0 radical (unpaired) electrons. The van der Waals surface area contributed by atoms with E-state index in [9.17, 15) is 13.2 Å². The zero-order valence-electron chi connectivity index (χ0n) is 8.48. The summed E-state index contributed by atoms with van der Waals surface area (Å²) in [6, 6.07) is 0. The van der Waals surface area contributed by atoms with Gasteiger partial charge in [-0.25, -0.2) is 0 Å². The minimum atomic E-state index is -4.21. The van der Waals surface area contributed by atoms with Gasteiger partial charge >= 0.3 is 6.18 Å². The maximum absolute atomic E-state index is 11.9. The summed E-state index contributed by atoms with van der Waals surface area (Å²) in [5.41, 5.74) is 0. The van der Waals surface area contributed by atoms with E-state index in [0.29, 0.717) is 12.5 Å². The van der Waals surface area contributed by atoms with Gasteiger partial charge in [0.1, 0.15) is 6.54 Å². The van der Waals surface area contributed by atoms with Gasteiger partial charge in [0.25, 0.3) is 0 Å². The van der Waals surface area contributed by atoms with Crippen molar-refractivity contribution in [3.05, 3.63) is 0 Å². The standard InChI is InChI=1S/C8H15F3N2S/c1-6(2)4-12-7(14)13(3)5-8(9,10)11/h6H,4-5H2,1-3H3,(H,12,14). The van der Waals surface area contributed by atoms with Gasteiger partial charge in [0.2, 0.25) is 0 Å². The lowest BCUT2D eigenvalue weighted by Gasteiger charge is -2.22. The number of hydrogen-bond acceptors (Lipinski definition) is 1. The van der Waals surface area contributed by atoms with E-state index in [0.717, 1.165) is 4.90 Å². The van der Waals surface area contributed by atoms with Gasteiger partial charge in [-0.05, 0) is 18.1 Å². The third-order valence-electron chi connectivity index (χ3n) is 1.42. The van der Waals surface area contributed by atoms with Gasteiger partial charge in [0.15, 0.2) is 5.11 Å². The number of nitrogens with one attached hydrogen (secondary N) is 1. The Morgan fingerprint density at radius 3 is 2.29 bits per heavy atom. The molecule has 0 aromatic heterocycles. The van der Waals surface area contributed by atoms with Crippen molar-refractivity contribution in [2.75, 3.05) is 20.1 Å². The number of thiocarbonyl (C=S) groups is 1. The average molecular weight is 228 g/mol. The van der Waals surface area contributed by atoms with Gasteiger partial charge in [0, 0.05) is 13.6 Å². The van der Waals surface area contributed by atoms with E-state index in [1.165, 1.54) is 7.05 Å². The Kier molecular flexibility index (Phi) is 5.18. The average Bonchev–Trinajstić information content (AvgIpc) is 1.96. The lowest BCUT2D eigenvalue weighted by molar-refractivity contribution is -0.135. The molecule has 0 fully saturated rings. The molecule has 0 unspecified atom stereocenters. The van der Waals surface area contributed by atoms with Gasteiger partial charge in [-0.15, -0.1) is 0 Å². The largest absolute Gasteiger partial charge is 0.405 e. The summed E-state index contributed by atoms with van der Waals surface area (Å²) in [4.78, 5) is 0.984. The summed E-state index contributed by atoms with van der Waals surface area (Å²) in [5.74, 6) is 0.354. The molecule has 0 aliphatic rings. The van der Waals surface area contributed by atoms with Crippen molar-refractivity contribution in [3.8, 4) is 0 Å². The number of alkyl halides is 3. The fraction of sp³-hybridized carbons (Fsp3) is 0.875. The van der Waals surface area contributed by atoms with E-state index in [4.69, 9.17) is 12.2 Å². The lowest BCUT2D eigenvalue weighted by Crippen LogP contribution is -2.43. The normalized spacial score (nSPS) is 11.6. The van der Waals surface area contributed by atoms with E-state index >= 15 is 0 Å². The Labute approximate surface area is 87.5 Å². The SMILES string of the molecule is CC(C)CNC(=S)N(C)CC(F)(F)F. The van der Waals surface area contributed by atoms with Crippen LogP contribution in [-0.2, 0) is 0 Å². The highest BCUT2D eigenvalue weighted by Crippen LogP contribution is 2.15. The number of halogens is 3. The molecule has 0 rings (SSSR count). The number of rotatable bonds is 3. The second-order valence-electron chi connectivity index (χ2n) is 3.55. The summed E-state index contributed by atoms with van der Waals surface area (Å²) in [6.07, 6.45) is -4.21. The third-order valence-corrected chi connectivity index (χ3v) is 1.88. The van der Waals surface area contributed by atoms with Crippen molar-refractivity contribution in [2.24, 2.45) is 5.92 Å². The summed E-state index contributed by atoms with van der Waals surface area (Å²) < 4.78 is 35.8. The third kappa shape index (κ3) is 6.94. The minimum Gasteiger partial charge on any atom is -0.362 e. The van der Waals surface area contributed by atoms with Crippen LogP contribution >= 0.6 is 12.2 Å². The van der Waals surface area contributed by atoms with E-state index < -0.39 is 12.7 Å². The molecular weight excluding hydrogens is 213 g/mol. The fourth-order valence-corrected chi connectivity index (χ4v) is 0.915. The molecule has 0 amide bonds. The van der Waals surface area contributed by atoms with Crippen molar-refractivity contribution in [1.29, 1.82) is 0 Å². The van der Waals surface area contributed by atoms with E-state index in [1.54, 1.807) is 0 Å². The maximum Gasteiger partial charge on any atom is 0.405 e. The van der Waals surface area contributed by atoms with Crippen LogP contribution in [0.2, 0.25) is 0 Å². The maximum atomic E-state index is 11.9. The quantitative estimate of drug-likeness (QED) is 0.744. The van der Waals surface area contributed by atoms with Crippen LogP contribution in [0.25, 0.3) is 0 Å². The van der Waals surface area contributed by atoms with Crippen molar-refractivity contribution in [2.45, 2.75) is 20.0 Å². The predicted octanol–water partition coefficient (Wildman–Crippen LogP) is 2.01. The first-order valence-corrected chi connectivity index (χ1v) is 4.69.